The van der Waals surface area contributed by atoms with Gasteiger partial charge >= 0.3 is 0 Å². The topological polar surface area (TPSA) is 26.3 Å². The highest BCUT2D eigenvalue weighted by atomic mass is 79.9. The summed E-state index contributed by atoms with van der Waals surface area (Å²) in [5.41, 5.74) is 1.67. The Labute approximate surface area is 131 Å². The van der Waals surface area contributed by atoms with E-state index in [-0.39, 0.29) is 5.78 Å². The van der Waals surface area contributed by atoms with Crippen molar-refractivity contribution in [2.75, 3.05) is 7.11 Å². The van der Waals surface area contributed by atoms with E-state index in [1.807, 2.05) is 30.3 Å². The molecule has 0 atom stereocenters. The lowest BCUT2D eigenvalue weighted by atomic mass is 10.0. The smallest absolute Gasteiger partial charge is 0.164 e. The number of hydrogen-bond acceptors (Lipinski definition) is 2. The molecule has 0 aliphatic carbocycles. The fourth-order valence-electron chi connectivity index (χ4n) is 1.90. The highest BCUT2D eigenvalue weighted by Crippen LogP contribution is 2.23. The third kappa shape index (κ3) is 3.84. The Kier molecular flexibility index (Phi) is 5.21. The van der Waals surface area contributed by atoms with Crippen molar-refractivity contribution in [2.45, 2.75) is 12.8 Å². The van der Waals surface area contributed by atoms with E-state index in [2.05, 4.69) is 15.9 Å². The van der Waals surface area contributed by atoms with Gasteiger partial charge in [0.2, 0.25) is 0 Å². The Morgan fingerprint density at radius 2 is 1.90 bits per heavy atom. The lowest BCUT2D eigenvalue weighted by Crippen LogP contribution is -2.02. The first-order chi connectivity index (χ1) is 9.60. The Morgan fingerprint density at radius 1 is 1.20 bits per heavy atom. The monoisotopic (exact) mass is 352 g/mol. The summed E-state index contributed by atoms with van der Waals surface area (Å²) in [6.07, 6.45) is 1.12. The first-order valence-electron chi connectivity index (χ1n) is 6.21. The van der Waals surface area contributed by atoms with Crippen LogP contribution in [0.25, 0.3) is 0 Å². The largest absolute Gasteiger partial charge is 0.497 e. The molecular weight excluding hydrogens is 340 g/mol. The number of Topliss-reactive ketones (excluding diaryl/α,β-unsaturated/α-hetero) is 1. The van der Waals surface area contributed by atoms with Gasteiger partial charge in [0.15, 0.2) is 5.78 Å². The summed E-state index contributed by atoms with van der Waals surface area (Å²) in [7, 11) is 1.63. The number of rotatable bonds is 5. The molecule has 104 valence electrons. The second-order valence-corrected chi connectivity index (χ2v) is 5.72. The number of halogens is 2. The number of carbonyl (C=O) groups is 1. The average Bonchev–Trinajstić information content (AvgIpc) is 2.47. The number of methoxy groups -OCH3 is 1. The van der Waals surface area contributed by atoms with Gasteiger partial charge in [0, 0.05) is 16.5 Å². The summed E-state index contributed by atoms with van der Waals surface area (Å²) < 4.78 is 5.96. The molecule has 0 aliphatic rings. The molecule has 0 N–H and O–H groups in total. The van der Waals surface area contributed by atoms with Crippen molar-refractivity contribution in [3.05, 3.63) is 63.1 Å². The van der Waals surface area contributed by atoms with Gasteiger partial charge in [0.1, 0.15) is 5.75 Å². The molecular formula is C16H14BrClO2. The van der Waals surface area contributed by atoms with Crippen molar-refractivity contribution in [3.63, 3.8) is 0 Å². The van der Waals surface area contributed by atoms with Crippen LogP contribution in [0.2, 0.25) is 5.02 Å². The molecule has 0 bridgehead atoms. The van der Waals surface area contributed by atoms with Crippen LogP contribution in [-0.4, -0.2) is 12.9 Å². The van der Waals surface area contributed by atoms with Crippen molar-refractivity contribution in [1.29, 1.82) is 0 Å². The Hall–Kier alpha value is -1.32. The van der Waals surface area contributed by atoms with Gasteiger partial charge in [0.05, 0.1) is 12.1 Å². The second kappa shape index (κ2) is 6.91. The number of benzene rings is 2. The molecule has 2 rings (SSSR count). The summed E-state index contributed by atoms with van der Waals surface area (Å²) in [6, 6.07) is 13.0. The minimum absolute atomic E-state index is 0.0483. The van der Waals surface area contributed by atoms with Gasteiger partial charge in [-0.25, -0.2) is 0 Å². The summed E-state index contributed by atoms with van der Waals surface area (Å²) in [6.45, 7) is 0. The SMILES string of the molecule is COc1ccc(CCC(=O)c2cc(Br)ccc2Cl)cc1. The maximum atomic E-state index is 12.2. The Balaban J connectivity index is 2.02. The third-order valence-corrected chi connectivity index (χ3v) is 3.85. The van der Waals surface area contributed by atoms with Crippen LogP contribution >= 0.6 is 27.5 Å². The lowest BCUT2D eigenvalue weighted by Gasteiger charge is -2.05. The maximum Gasteiger partial charge on any atom is 0.164 e. The lowest BCUT2D eigenvalue weighted by molar-refractivity contribution is 0.0983. The van der Waals surface area contributed by atoms with E-state index in [9.17, 15) is 4.79 Å². The van der Waals surface area contributed by atoms with Crippen LogP contribution in [0.4, 0.5) is 0 Å². The molecule has 0 heterocycles. The maximum absolute atomic E-state index is 12.2. The Morgan fingerprint density at radius 3 is 2.55 bits per heavy atom. The fraction of sp³-hybridized carbons (Fsp3) is 0.188. The summed E-state index contributed by atoms with van der Waals surface area (Å²) >= 11 is 9.41. The average molecular weight is 354 g/mol. The van der Waals surface area contributed by atoms with Gasteiger partial charge in [-0.3, -0.25) is 4.79 Å². The molecule has 0 spiro atoms. The van der Waals surface area contributed by atoms with E-state index in [0.717, 1.165) is 15.8 Å². The van der Waals surface area contributed by atoms with Crippen LogP contribution in [0.1, 0.15) is 22.3 Å². The van der Waals surface area contributed by atoms with E-state index in [1.165, 1.54) is 0 Å². The Bertz CT molecular complexity index is 608. The van der Waals surface area contributed by atoms with Crippen molar-refractivity contribution in [2.24, 2.45) is 0 Å². The molecule has 0 fully saturated rings. The van der Waals surface area contributed by atoms with Crippen LogP contribution in [-0.2, 0) is 6.42 Å². The molecule has 0 aromatic heterocycles. The van der Waals surface area contributed by atoms with E-state index in [1.54, 1.807) is 19.2 Å². The fourth-order valence-corrected chi connectivity index (χ4v) is 2.48. The van der Waals surface area contributed by atoms with Gasteiger partial charge < -0.3 is 4.74 Å². The minimum Gasteiger partial charge on any atom is -0.497 e. The molecule has 0 amide bonds. The highest BCUT2D eigenvalue weighted by Gasteiger charge is 2.11. The first-order valence-corrected chi connectivity index (χ1v) is 7.38. The summed E-state index contributed by atoms with van der Waals surface area (Å²) in [5.74, 6) is 0.863. The van der Waals surface area contributed by atoms with E-state index >= 15 is 0 Å². The number of hydrogen-bond donors (Lipinski definition) is 0. The number of aryl methyl sites for hydroxylation is 1. The van der Waals surface area contributed by atoms with Crippen molar-refractivity contribution in [3.8, 4) is 5.75 Å². The summed E-state index contributed by atoms with van der Waals surface area (Å²) in [5, 5.41) is 0.493. The normalized spacial score (nSPS) is 10.3. The van der Waals surface area contributed by atoms with Crippen LogP contribution < -0.4 is 4.74 Å². The molecule has 2 aromatic rings. The van der Waals surface area contributed by atoms with Gasteiger partial charge in [-0.15, -0.1) is 0 Å². The van der Waals surface area contributed by atoms with Gasteiger partial charge in [0.25, 0.3) is 0 Å². The van der Waals surface area contributed by atoms with E-state index in [4.69, 9.17) is 16.3 Å². The molecule has 2 nitrogen and oxygen atoms in total. The molecule has 0 radical (unpaired) electrons. The van der Waals surface area contributed by atoms with Gasteiger partial charge in [-0.05, 0) is 42.3 Å². The minimum atomic E-state index is 0.0483. The molecule has 20 heavy (non-hydrogen) atoms. The van der Waals surface area contributed by atoms with E-state index < -0.39 is 0 Å². The van der Waals surface area contributed by atoms with Crippen LogP contribution in [0, 0.1) is 0 Å². The molecule has 2 aromatic carbocycles. The number of ketones is 1. The van der Waals surface area contributed by atoms with Gasteiger partial charge in [-0.2, -0.15) is 0 Å². The molecule has 0 aliphatic heterocycles. The van der Waals surface area contributed by atoms with Crippen molar-refractivity contribution in [1.82, 2.24) is 0 Å². The van der Waals surface area contributed by atoms with Crippen LogP contribution in [0.3, 0.4) is 0 Å². The standard InChI is InChI=1S/C16H14BrClO2/c1-20-13-6-2-11(3-7-13)4-9-16(19)14-10-12(17)5-8-15(14)18/h2-3,5-8,10H,4,9H2,1H3. The van der Waals surface area contributed by atoms with Gasteiger partial charge in [-0.1, -0.05) is 39.7 Å². The van der Waals surface area contributed by atoms with Crippen LogP contribution in [0.15, 0.2) is 46.9 Å². The first kappa shape index (κ1) is 15.1. The van der Waals surface area contributed by atoms with Crippen molar-refractivity contribution < 1.29 is 9.53 Å². The zero-order valence-electron chi connectivity index (χ0n) is 11.0. The third-order valence-electron chi connectivity index (χ3n) is 3.03. The second-order valence-electron chi connectivity index (χ2n) is 4.40. The van der Waals surface area contributed by atoms with Crippen molar-refractivity contribution >= 4 is 33.3 Å². The predicted octanol–water partition coefficient (Wildman–Crippen LogP) is 4.93. The van der Waals surface area contributed by atoms with Crippen LogP contribution in [0.5, 0.6) is 5.75 Å². The highest BCUT2D eigenvalue weighted by molar-refractivity contribution is 9.10. The predicted molar refractivity (Wildman–Crippen MR) is 84.8 cm³/mol. The quantitative estimate of drug-likeness (QED) is 0.713. The molecule has 0 saturated heterocycles. The molecule has 4 heteroatoms. The number of carbonyl (C=O) groups excluding carboxylic acids is 1. The van der Waals surface area contributed by atoms with E-state index in [0.29, 0.717) is 23.4 Å². The summed E-state index contributed by atoms with van der Waals surface area (Å²) in [4.78, 5) is 12.2. The molecule has 0 saturated carbocycles. The molecule has 0 unspecified atom stereocenters. The zero-order valence-corrected chi connectivity index (χ0v) is 13.4. The zero-order chi connectivity index (χ0) is 14.5. The number of ether oxygens (including phenoxy) is 1.